The summed E-state index contributed by atoms with van der Waals surface area (Å²) in [5.74, 6) is -0.747. The van der Waals surface area contributed by atoms with Gasteiger partial charge in [0.05, 0.1) is 12.7 Å². The van der Waals surface area contributed by atoms with Crippen molar-refractivity contribution in [3.05, 3.63) is 60.2 Å². The molecule has 3 aromatic rings. The number of aromatic nitrogens is 2. The Hall–Kier alpha value is -2.69. The van der Waals surface area contributed by atoms with E-state index in [0.29, 0.717) is 22.3 Å². The zero-order valence-corrected chi connectivity index (χ0v) is 10.7. The average molecular weight is 270 g/mol. The maximum Gasteiger partial charge on any atom is 0.338 e. The van der Waals surface area contributed by atoms with Crippen LogP contribution in [-0.4, -0.2) is 22.6 Å². The Bertz CT molecular complexity index is 795. The number of nitrogens with zero attached hydrogens (tertiary/aromatic N) is 2. The third kappa shape index (κ3) is 1.93. The SMILES string of the molecule is COC(=O)c1ccnc2c1ccn2-c1cccc(F)c1. The summed E-state index contributed by atoms with van der Waals surface area (Å²) in [4.78, 5) is 16.0. The molecule has 2 aromatic heterocycles. The van der Waals surface area contributed by atoms with E-state index in [1.54, 1.807) is 35.0 Å². The topological polar surface area (TPSA) is 44.1 Å². The summed E-state index contributed by atoms with van der Waals surface area (Å²) in [5.41, 5.74) is 1.67. The number of esters is 1. The number of fused-ring (bicyclic) bond motifs is 1. The summed E-state index contributed by atoms with van der Waals surface area (Å²) in [6.07, 6.45) is 3.28. The Balaban J connectivity index is 2.22. The van der Waals surface area contributed by atoms with Gasteiger partial charge in [-0.05, 0) is 30.3 Å². The monoisotopic (exact) mass is 270 g/mol. The first-order valence-corrected chi connectivity index (χ1v) is 6.01. The molecule has 0 aliphatic heterocycles. The minimum Gasteiger partial charge on any atom is -0.465 e. The van der Waals surface area contributed by atoms with Gasteiger partial charge in [-0.2, -0.15) is 0 Å². The van der Waals surface area contributed by atoms with Crippen LogP contribution in [0.1, 0.15) is 10.4 Å². The lowest BCUT2D eigenvalue weighted by atomic mass is 10.2. The molecule has 0 bridgehead atoms. The third-order valence-corrected chi connectivity index (χ3v) is 3.08. The van der Waals surface area contributed by atoms with E-state index >= 15 is 0 Å². The summed E-state index contributed by atoms with van der Waals surface area (Å²) < 4.78 is 19.8. The summed E-state index contributed by atoms with van der Waals surface area (Å²) in [6, 6.07) is 9.55. The molecule has 100 valence electrons. The molecule has 3 rings (SSSR count). The number of halogens is 1. The Morgan fingerprint density at radius 1 is 1.30 bits per heavy atom. The van der Waals surface area contributed by atoms with E-state index in [2.05, 4.69) is 4.98 Å². The van der Waals surface area contributed by atoms with Crippen molar-refractivity contribution < 1.29 is 13.9 Å². The van der Waals surface area contributed by atoms with Crippen LogP contribution >= 0.6 is 0 Å². The van der Waals surface area contributed by atoms with E-state index in [-0.39, 0.29) is 5.82 Å². The highest BCUT2D eigenvalue weighted by Crippen LogP contribution is 2.22. The Morgan fingerprint density at radius 2 is 2.15 bits per heavy atom. The molecule has 5 heteroatoms. The molecule has 0 fully saturated rings. The standard InChI is InChI=1S/C15H11FN2O2/c1-20-15(19)13-5-7-17-14-12(13)6-8-18(14)11-4-2-3-10(16)9-11/h2-9H,1H3. The molecule has 0 radical (unpaired) electrons. The number of ether oxygens (including phenoxy) is 1. The second-order valence-corrected chi connectivity index (χ2v) is 4.25. The van der Waals surface area contributed by atoms with Crippen molar-refractivity contribution in [3.8, 4) is 5.69 Å². The Morgan fingerprint density at radius 3 is 2.90 bits per heavy atom. The van der Waals surface area contributed by atoms with Crippen LogP contribution in [0.4, 0.5) is 4.39 Å². The molecule has 0 N–H and O–H groups in total. The number of carbonyl (C=O) groups excluding carboxylic acids is 1. The van der Waals surface area contributed by atoms with Gasteiger partial charge in [0.15, 0.2) is 0 Å². The lowest BCUT2D eigenvalue weighted by molar-refractivity contribution is 0.0603. The van der Waals surface area contributed by atoms with Crippen LogP contribution in [0, 0.1) is 5.82 Å². The van der Waals surface area contributed by atoms with E-state index in [0.717, 1.165) is 0 Å². The van der Waals surface area contributed by atoms with Crippen LogP contribution in [0.3, 0.4) is 0 Å². The fraction of sp³-hybridized carbons (Fsp3) is 0.0667. The van der Waals surface area contributed by atoms with Gasteiger partial charge < -0.3 is 9.30 Å². The number of hydrogen-bond donors (Lipinski definition) is 0. The molecule has 0 aliphatic carbocycles. The van der Waals surface area contributed by atoms with Crippen LogP contribution in [0.25, 0.3) is 16.7 Å². The average Bonchev–Trinajstić information content (AvgIpc) is 2.90. The van der Waals surface area contributed by atoms with Gasteiger partial charge >= 0.3 is 5.97 Å². The van der Waals surface area contributed by atoms with Crippen molar-refractivity contribution in [1.29, 1.82) is 0 Å². The molecule has 0 unspecified atom stereocenters. The lowest BCUT2D eigenvalue weighted by Crippen LogP contribution is -2.02. The van der Waals surface area contributed by atoms with Gasteiger partial charge in [-0.3, -0.25) is 0 Å². The minimum atomic E-state index is -0.422. The van der Waals surface area contributed by atoms with Crippen molar-refractivity contribution in [2.24, 2.45) is 0 Å². The highest BCUT2D eigenvalue weighted by atomic mass is 19.1. The number of pyridine rings is 1. The lowest BCUT2D eigenvalue weighted by Gasteiger charge is -2.05. The van der Waals surface area contributed by atoms with Crippen molar-refractivity contribution in [2.45, 2.75) is 0 Å². The first-order chi connectivity index (χ1) is 9.70. The van der Waals surface area contributed by atoms with Gasteiger partial charge in [0.2, 0.25) is 0 Å². The minimum absolute atomic E-state index is 0.325. The summed E-state index contributed by atoms with van der Waals surface area (Å²) in [5, 5.41) is 0.670. The maximum absolute atomic E-state index is 13.3. The van der Waals surface area contributed by atoms with Gasteiger partial charge in [0, 0.05) is 23.5 Å². The Kier molecular flexibility index (Phi) is 2.95. The van der Waals surface area contributed by atoms with E-state index < -0.39 is 5.97 Å². The van der Waals surface area contributed by atoms with E-state index in [4.69, 9.17) is 4.74 Å². The van der Waals surface area contributed by atoms with Crippen molar-refractivity contribution in [3.63, 3.8) is 0 Å². The molecule has 0 atom stereocenters. The number of methoxy groups -OCH3 is 1. The molecule has 4 nitrogen and oxygen atoms in total. The van der Waals surface area contributed by atoms with E-state index in [1.165, 1.54) is 25.4 Å². The van der Waals surface area contributed by atoms with E-state index in [9.17, 15) is 9.18 Å². The van der Waals surface area contributed by atoms with Crippen molar-refractivity contribution in [2.75, 3.05) is 7.11 Å². The predicted molar refractivity (Wildman–Crippen MR) is 72.4 cm³/mol. The number of hydrogen-bond acceptors (Lipinski definition) is 3. The van der Waals surface area contributed by atoms with E-state index in [1.807, 2.05) is 0 Å². The van der Waals surface area contributed by atoms with Crippen LogP contribution < -0.4 is 0 Å². The van der Waals surface area contributed by atoms with Crippen molar-refractivity contribution >= 4 is 17.0 Å². The van der Waals surface area contributed by atoms with Gasteiger partial charge in [-0.1, -0.05) is 6.07 Å². The molecule has 2 heterocycles. The van der Waals surface area contributed by atoms with Crippen LogP contribution in [0.5, 0.6) is 0 Å². The fourth-order valence-electron chi connectivity index (χ4n) is 2.16. The van der Waals surface area contributed by atoms with Crippen LogP contribution in [0.15, 0.2) is 48.8 Å². The first kappa shape index (κ1) is 12.3. The molecule has 20 heavy (non-hydrogen) atoms. The summed E-state index contributed by atoms with van der Waals surface area (Å²) in [7, 11) is 1.33. The summed E-state index contributed by atoms with van der Waals surface area (Å²) >= 11 is 0. The van der Waals surface area contributed by atoms with Gasteiger partial charge in [0.25, 0.3) is 0 Å². The third-order valence-electron chi connectivity index (χ3n) is 3.08. The Labute approximate surface area is 114 Å². The van der Waals surface area contributed by atoms with Crippen molar-refractivity contribution in [1.82, 2.24) is 9.55 Å². The van der Waals surface area contributed by atoms with Gasteiger partial charge in [-0.15, -0.1) is 0 Å². The number of carbonyl (C=O) groups is 1. The highest BCUT2D eigenvalue weighted by molar-refractivity contribution is 6.03. The fourth-order valence-corrected chi connectivity index (χ4v) is 2.16. The normalized spacial score (nSPS) is 10.7. The summed E-state index contributed by atoms with van der Waals surface area (Å²) in [6.45, 7) is 0. The zero-order valence-electron chi connectivity index (χ0n) is 10.7. The van der Waals surface area contributed by atoms with Crippen LogP contribution in [0.2, 0.25) is 0 Å². The quantitative estimate of drug-likeness (QED) is 0.672. The second-order valence-electron chi connectivity index (χ2n) is 4.25. The first-order valence-electron chi connectivity index (χ1n) is 6.01. The molecule has 0 aliphatic rings. The molecule has 0 spiro atoms. The number of benzene rings is 1. The smallest absolute Gasteiger partial charge is 0.338 e. The largest absolute Gasteiger partial charge is 0.465 e. The highest BCUT2D eigenvalue weighted by Gasteiger charge is 2.14. The second kappa shape index (κ2) is 4.77. The molecule has 0 saturated carbocycles. The molecular weight excluding hydrogens is 259 g/mol. The molecular formula is C15H11FN2O2. The number of rotatable bonds is 2. The predicted octanol–water partition coefficient (Wildman–Crippen LogP) is 2.95. The molecule has 0 saturated heterocycles. The maximum atomic E-state index is 13.3. The zero-order chi connectivity index (χ0) is 14.1. The van der Waals surface area contributed by atoms with Gasteiger partial charge in [0.1, 0.15) is 11.5 Å². The van der Waals surface area contributed by atoms with Gasteiger partial charge in [-0.25, -0.2) is 14.2 Å². The molecule has 0 amide bonds. The molecule has 1 aromatic carbocycles. The van der Waals surface area contributed by atoms with Crippen LogP contribution in [-0.2, 0) is 4.74 Å².